The summed E-state index contributed by atoms with van der Waals surface area (Å²) < 4.78 is 2.87. The lowest BCUT2D eigenvalue weighted by molar-refractivity contribution is 0.0942. The molecule has 0 spiro atoms. The maximum atomic E-state index is 12.0. The number of aromatic nitrogens is 1. The normalized spacial score (nSPS) is 10.9. The Morgan fingerprint density at radius 2 is 2.17 bits per heavy atom. The van der Waals surface area contributed by atoms with Crippen LogP contribution in [0.15, 0.2) is 16.7 Å². The molecule has 0 atom stereocenters. The molecular formula is C13H21BrN2O2. The van der Waals surface area contributed by atoms with Crippen molar-refractivity contribution in [3.05, 3.63) is 22.4 Å². The van der Waals surface area contributed by atoms with Crippen molar-refractivity contribution in [1.29, 1.82) is 0 Å². The minimum atomic E-state index is -0.0431. The highest BCUT2D eigenvalue weighted by Gasteiger charge is 2.14. The van der Waals surface area contributed by atoms with E-state index in [2.05, 4.69) is 21.2 Å². The predicted molar refractivity (Wildman–Crippen MR) is 75.8 cm³/mol. The van der Waals surface area contributed by atoms with Gasteiger partial charge >= 0.3 is 0 Å². The summed E-state index contributed by atoms with van der Waals surface area (Å²) in [4.78, 5) is 12.0. The van der Waals surface area contributed by atoms with E-state index in [1.54, 1.807) is 0 Å². The van der Waals surface area contributed by atoms with Crippen LogP contribution in [0.1, 0.15) is 49.6 Å². The zero-order valence-electron chi connectivity index (χ0n) is 10.9. The highest BCUT2D eigenvalue weighted by atomic mass is 79.9. The first-order valence-electron chi connectivity index (χ1n) is 6.32. The number of hydrogen-bond donors (Lipinski definition) is 2. The molecule has 1 aromatic rings. The van der Waals surface area contributed by atoms with Gasteiger partial charge in [0.2, 0.25) is 0 Å². The summed E-state index contributed by atoms with van der Waals surface area (Å²) in [5, 5.41) is 11.6. The second-order valence-corrected chi connectivity index (χ2v) is 5.50. The molecule has 0 fully saturated rings. The Hall–Kier alpha value is -0.810. The Morgan fingerprint density at radius 1 is 1.44 bits per heavy atom. The van der Waals surface area contributed by atoms with Crippen LogP contribution in [0.2, 0.25) is 0 Å². The Morgan fingerprint density at radius 3 is 2.78 bits per heavy atom. The van der Waals surface area contributed by atoms with Crippen molar-refractivity contribution in [3.63, 3.8) is 0 Å². The van der Waals surface area contributed by atoms with Gasteiger partial charge in [-0.1, -0.05) is 0 Å². The van der Waals surface area contributed by atoms with Crippen LogP contribution in [0.3, 0.4) is 0 Å². The Bertz CT molecular complexity index is 388. The highest BCUT2D eigenvalue weighted by molar-refractivity contribution is 9.10. The number of hydrogen-bond acceptors (Lipinski definition) is 2. The lowest BCUT2D eigenvalue weighted by Crippen LogP contribution is -2.27. The number of halogens is 1. The summed E-state index contributed by atoms with van der Waals surface area (Å²) >= 11 is 3.39. The quantitative estimate of drug-likeness (QED) is 0.760. The summed E-state index contributed by atoms with van der Waals surface area (Å²) in [6, 6.07) is 2.09. The van der Waals surface area contributed by atoms with Crippen molar-refractivity contribution in [1.82, 2.24) is 9.88 Å². The first-order chi connectivity index (χ1) is 8.56. The molecule has 2 N–H and O–H groups in total. The predicted octanol–water partition coefficient (Wildman–Crippen LogP) is 2.72. The molecule has 0 saturated carbocycles. The molecule has 0 saturated heterocycles. The van der Waals surface area contributed by atoms with E-state index in [0.717, 1.165) is 23.7 Å². The molecule has 1 amide bonds. The van der Waals surface area contributed by atoms with E-state index in [0.29, 0.717) is 12.2 Å². The minimum absolute atomic E-state index is 0.0431. The van der Waals surface area contributed by atoms with E-state index in [1.807, 2.05) is 30.7 Å². The molecule has 0 aliphatic heterocycles. The molecule has 0 aliphatic carbocycles. The molecule has 5 heteroatoms. The summed E-state index contributed by atoms with van der Waals surface area (Å²) in [5.41, 5.74) is 0.680. The summed E-state index contributed by atoms with van der Waals surface area (Å²) in [5.74, 6) is -0.0431. The second kappa shape index (κ2) is 7.59. The Labute approximate surface area is 117 Å². The minimum Gasteiger partial charge on any atom is -0.396 e. The van der Waals surface area contributed by atoms with Gasteiger partial charge < -0.3 is 15.0 Å². The van der Waals surface area contributed by atoms with E-state index in [-0.39, 0.29) is 18.6 Å². The van der Waals surface area contributed by atoms with Crippen LogP contribution in [0.4, 0.5) is 0 Å². The van der Waals surface area contributed by atoms with E-state index < -0.39 is 0 Å². The molecular weight excluding hydrogens is 296 g/mol. The Balaban J connectivity index is 2.51. The molecule has 1 heterocycles. The summed E-state index contributed by atoms with van der Waals surface area (Å²) in [7, 11) is 0. The van der Waals surface area contributed by atoms with Gasteiger partial charge in [0.15, 0.2) is 0 Å². The maximum Gasteiger partial charge on any atom is 0.267 e. The monoisotopic (exact) mass is 316 g/mol. The first kappa shape index (κ1) is 15.2. The third-order valence-corrected chi connectivity index (χ3v) is 3.16. The number of amides is 1. The lowest BCUT2D eigenvalue weighted by Gasteiger charge is -2.12. The van der Waals surface area contributed by atoms with Gasteiger partial charge in [0.25, 0.3) is 5.91 Å². The molecule has 1 aromatic heterocycles. The van der Waals surface area contributed by atoms with Gasteiger partial charge in [0.1, 0.15) is 5.69 Å². The smallest absolute Gasteiger partial charge is 0.267 e. The first-order valence-corrected chi connectivity index (χ1v) is 7.12. The average molecular weight is 317 g/mol. The molecule has 0 aromatic carbocycles. The van der Waals surface area contributed by atoms with Crippen molar-refractivity contribution < 1.29 is 9.90 Å². The fourth-order valence-corrected chi connectivity index (χ4v) is 2.20. The number of carbonyl (C=O) groups excluding carboxylic acids is 1. The van der Waals surface area contributed by atoms with E-state index in [1.165, 1.54) is 0 Å². The van der Waals surface area contributed by atoms with Gasteiger partial charge in [-0.05, 0) is 55.1 Å². The SMILES string of the molecule is CC(C)n1cc(Br)cc1C(=O)NCCCCCO. The molecule has 0 aliphatic rings. The van der Waals surface area contributed by atoms with Gasteiger partial charge in [-0.25, -0.2) is 0 Å². The number of unbranched alkanes of at least 4 members (excludes halogenated alkanes) is 2. The summed E-state index contributed by atoms with van der Waals surface area (Å²) in [6.07, 6.45) is 4.55. The van der Waals surface area contributed by atoms with Gasteiger partial charge in [-0.15, -0.1) is 0 Å². The molecule has 1 rings (SSSR count). The fraction of sp³-hybridized carbons (Fsp3) is 0.615. The van der Waals surface area contributed by atoms with E-state index in [4.69, 9.17) is 5.11 Å². The number of nitrogens with one attached hydrogen (secondary N) is 1. The van der Waals surface area contributed by atoms with E-state index >= 15 is 0 Å². The van der Waals surface area contributed by atoms with Crippen molar-refractivity contribution in [2.75, 3.05) is 13.2 Å². The van der Waals surface area contributed by atoms with Gasteiger partial charge in [0.05, 0.1) is 0 Å². The zero-order chi connectivity index (χ0) is 13.5. The van der Waals surface area contributed by atoms with Gasteiger partial charge in [-0.2, -0.15) is 0 Å². The average Bonchev–Trinajstić information content (AvgIpc) is 2.71. The molecule has 4 nitrogen and oxygen atoms in total. The molecule has 102 valence electrons. The highest BCUT2D eigenvalue weighted by Crippen LogP contribution is 2.19. The van der Waals surface area contributed by atoms with E-state index in [9.17, 15) is 4.79 Å². The number of aliphatic hydroxyl groups is 1. The van der Waals surface area contributed by atoms with Crippen LogP contribution < -0.4 is 5.32 Å². The molecule has 18 heavy (non-hydrogen) atoms. The standard InChI is InChI=1S/C13H21BrN2O2/c1-10(2)16-9-11(14)8-12(16)13(18)15-6-4-3-5-7-17/h8-10,17H,3-7H2,1-2H3,(H,15,18). The van der Waals surface area contributed by atoms with Crippen LogP contribution in [-0.4, -0.2) is 28.7 Å². The van der Waals surface area contributed by atoms with Crippen LogP contribution in [-0.2, 0) is 0 Å². The van der Waals surface area contributed by atoms with Crippen LogP contribution in [0, 0.1) is 0 Å². The van der Waals surface area contributed by atoms with Crippen molar-refractivity contribution >= 4 is 21.8 Å². The lowest BCUT2D eigenvalue weighted by atomic mass is 10.2. The summed E-state index contributed by atoms with van der Waals surface area (Å²) in [6.45, 7) is 4.96. The number of rotatable bonds is 7. The third-order valence-electron chi connectivity index (χ3n) is 2.72. The topological polar surface area (TPSA) is 54.3 Å². The molecule has 0 radical (unpaired) electrons. The zero-order valence-corrected chi connectivity index (χ0v) is 12.5. The largest absolute Gasteiger partial charge is 0.396 e. The van der Waals surface area contributed by atoms with Gasteiger partial charge in [-0.3, -0.25) is 4.79 Å². The number of nitrogens with zero attached hydrogens (tertiary/aromatic N) is 1. The van der Waals surface area contributed by atoms with Crippen LogP contribution in [0.25, 0.3) is 0 Å². The van der Waals surface area contributed by atoms with Crippen LogP contribution >= 0.6 is 15.9 Å². The van der Waals surface area contributed by atoms with Crippen molar-refractivity contribution in [3.8, 4) is 0 Å². The van der Waals surface area contributed by atoms with Gasteiger partial charge in [0, 0.05) is 29.9 Å². The fourth-order valence-electron chi connectivity index (χ4n) is 1.76. The Kier molecular flexibility index (Phi) is 6.43. The third kappa shape index (κ3) is 4.46. The maximum absolute atomic E-state index is 12.0. The van der Waals surface area contributed by atoms with Crippen molar-refractivity contribution in [2.45, 2.75) is 39.2 Å². The number of aliphatic hydroxyl groups excluding tert-OH is 1. The van der Waals surface area contributed by atoms with Crippen LogP contribution in [0.5, 0.6) is 0 Å². The number of carbonyl (C=O) groups is 1. The van der Waals surface area contributed by atoms with Crippen molar-refractivity contribution in [2.24, 2.45) is 0 Å². The molecule has 0 bridgehead atoms. The molecule has 0 unspecified atom stereocenters. The second-order valence-electron chi connectivity index (χ2n) is 4.58.